The molecule has 1 fully saturated rings. The summed E-state index contributed by atoms with van der Waals surface area (Å²) in [5, 5.41) is 9.67. The summed E-state index contributed by atoms with van der Waals surface area (Å²) < 4.78 is 5.43. The van der Waals surface area contributed by atoms with E-state index in [-0.39, 0.29) is 0 Å². The van der Waals surface area contributed by atoms with Crippen LogP contribution < -0.4 is 0 Å². The lowest BCUT2D eigenvalue weighted by Crippen LogP contribution is -2.41. The zero-order valence-electron chi connectivity index (χ0n) is 8.92. The normalized spacial score (nSPS) is 27.2. The van der Waals surface area contributed by atoms with Gasteiger partial charge in [0.15, 0.2) is 0 Å². The maximum absolute atomic E-state index is 9.67. The van der Waals surface area contributed by atoms with Crippen LogP contribution in [-0.4, -0.2) is 48.5 Å². The second-order valence-electron chi connectivity index (χ2n) is 4.73. The largest absolute Gasteiger partial charge is 0.389 e. The topological polar surface area (TPSA) is 32.7 Å². The summed E-state index contributed by atoms with van der Waals surface area (Å²) in [4.78, 5) is 2.28. The average molecular weight is 187 g/mol. The Morgan fingerprint density at radius 1 is 1.54 bits per heavy atom. The van der Waals surface area contributed by atoms with E-state index in [1.165, 1.54) is 0 Å². The van der Waals surface area contributed by atoms with E-state index in [0.717, 1.165) is 32.8 Å². The molecule has 1 aliphatic heterocycles. The van der Waals surface area contributed by atoms with Crippen LogP contribution in [0.1, 0.15) is 20.8 Å². The number of β-amino-alcohol motifs (C(OH)–C–C–N with tert-alkyl or cyclic N) is 1. The average Bonchev–Trinajstić information content (AvgIpc) is 2.10. The van der Waals surface area contributed by atoms with Crippen LogP contribution in [0.5, 0.6) is 0 Å². The van der Waals surface area contributed by atoms with E-state index >= 15 is 0 Å². The van der Waals surface area contributed by atoms with Gasteiger partial charge in [-0.3, -0.25) is 4.90 Å². The van der Waals surface area contributed by atoms with Crippen molar-refractivity contribution in [1.82, 2.24) is 4.90 Å². The highest BCUT2D eigenvalue weighted by Gasteiger charge is 2.21. The molecule has 0 aliphatic carbocycles. The minimum Gasteiger partial charge on any atom is -0.389 e. The lowest BCUT2D eigenvalue weighted by atomic mass is 10.1. The highest BCUT2D eigenvalue weighted by atomic mass is 16.5. The van der Waals surface area contributed by atoms with Crippen molar-refractivity contribution >= 4 is 0 Å². The van der Waals surface area contributed by atoms with Crippen molar-refractivity contribution in [3.63, 3.8) is 0 Å². The van der Waals surface area contributed by atoms with E-state index in [1.807, 2.05) is 13.8 Å². The third-order valence-corrected chi connectivity index (χ3v) is 2.13. The van der Waals surface area contributed by atoms with Gasteiger partial charge < -0.3 is 9.84 Å². The van der Waals surface area contributed by atoms with Gasteiger partial charge in [0.25, 0.3) is 0 Å². The van der Waals surface area contributed by atoms with E-state index in [9.17, 15) is 5.11 Å². The summed E-state index contributed by atoms with van der Waals surface area (Å²) in [5.74, 6) is 0.574. The summed E-state index contributed by atoms with van der Waals surface area (Å²) in [6, 6.07) is 0. The Kier molecular flexibility index (Phi) is 3.71. The Bertz CT molecular complexity index is 153. The molecule has 1 heterocycles. The van der Waals surface area contributed by atoms with E-state index in [0.29, 0.717) is 5.92 Å². The fourth-order valence-electron chi connectivity index (χ4n) is 1.75. The molecule has 3 heteroatoms. The lowest BCUT2D eigenvalue weighted by Gasteiger charge is -2.28. The molecule has 0 bridgehead atoms. The minimum absolute atomic E-state index is 0.574. The van der Waals surface area contributed by atoms with Crippen LogP contribution in [-0.2, 0) is 4.74 Å². The molecule has 1 N–H and O–H groups in total. The number of nitrogens with zero attached hydrogens (tertiary/aromatic N) is 1. The Morgan fingerprint density at radius 2 is 2.23 bits per heavy atom. The molecule has 1 unspecified atom stereocenters. The monoisotopic (exact) mass is 187 g/mol. The van der Waals surface area contributed by atoms with Crippen LogP contribution in [0.4, 0.5) is 0 Å². The van der Waals surface area contributed by atoms with Crippen LogP contribution in [0.15, 0.2) is 0 Å². The smallest absolute Gasteiger partial charge is 0.0718 e. The van der Waals surface area contributed by atoms with E-state index in [4.69, 9.17) is 4.74 Å². The van der Waals surface area contributed by atoms with Crippen molar-refractivity contribution in [1.29, 1.82) is 0 Å². The van der Waals surface area contributed by atoms with Crippen molar-refractivity contribution in [2.24, 2.45) is 5.92 Å². The molecule has 0 saturated carbocycles. The van der Waals surface area contributed by atoms with Crippen LogP contribution in [0.3, 0.4) is 0 Å². The predicted molar refractivity (Wildman–Crippen MR) is 52.7 cm³/mol. The molecule has 78 valence electrons. The summed E-state index contributed by atoms with van der Waals surface area (Å²) in [6.45, 7) is 10.2. The first-order chi connectivity index (χ1) is 5.97. The highest BCUT2D eigenvalue weighted by molar-refractivity contribution is 4.74. The molecule has 0 radical (unpaired) electrons. The lowest BCUT2D eigenvalue weighted by molar-refractivity contribution is 0.0338. The van der Waals surface area contributed by atoms with Gasteiger partial charge in [-0.2, -0.15) is 0 Å². The highest BCUT2D eigenvalue weighted by Crippen LogP contribution is 2.10. The maximum atomic E-state index is 9.67. The molecule has 1 saturated heterocycles. The van der Waals surface area contributed by atoms with Gasteiger partial charge in [0.1, 0.15) is 0 Å². The van der Waals surface area contributed by atoms with Crippen molar-refractivity contribution in [2.45, 2.75) is 26.4 Å². The molecule has 1 atom stereocenters. The van der Waals surface area contributed by atoms with Gasteiger partial charge in [-0.25, -0.2) is 0 Å². The number of hydrogen-bond donors (Lipinski definition) is 1. The Hall–Kier alpha value is -0.120. The van der Waals surface area contributed by atoms with Crippen molar-refractivity contribution < 1.29 is 9.84 Å². The molecule has 1 rings (SSSR count). The fraction of sp³-hybridized carbons (Fsp3) is 1.00. The summed E-state index contributed by atoms with van der Waals surface area (Å²) in [5.41, 5.74) is -0.593. The van der Waals surface area contributed by atoms with Gasteiger partial charge >= 0.3 is 0 Å². The van der Waals surface area contributed by atoms with Gasteiger partial charge in [0.05, 0.1) is 18.8 Å². The summed E-state index contributed by atoms with van der Waals surface area (Å²) in [6.07, 6.45) is 0. The first-order valence-corrected chi connectivity index (χ1v) is 5.00. The van der Waals surface area contributed by atoms with Crippen molar-refractivity contribution in [3.8, 4) is 0 Å². The van der Waals surface area contributed by atoms with E-state index in [2.05, 4.69) is 11.8 Å². The van der Waals surface area contributed by atoms with Gasteiger partial charge in [-0.1, -0.05) is 6.92 Å². The van der Waals surface area contributed by atoms with Crippen LogP contribution in [0, 0.1) is 5.92 Å². The third-order valence-electron chi connectivity index (χ3n) is 2.13. The van der Waals surface area contributed by atoms with Gasteiger partial charge in [0.2, 0.25) is 0 Å². The second-order valence-corrected chi connectivity index (χ2v) is 4.73. The standard InChI is InChI=1S/C10H21NO2/c1-9-6-11(4-5-13-7-9)8-10(2,3)12/h9,12H,4-8H2,1-3H3. The minimum atomic E-state index is -0.593. The van der Waals surface area contributed by atoms with Gasteiger partial charge in [-0.05, 0) is 19.8 Å². The number of ether oxygens (including phenoxy) is 1. The first kappa shape index (κ1) is 11.0. The molecule has 3 nitrogen and oxygen atoms in total. The number of hydrogen-bond acceptors (Lipinski definition) is 3. The molecule has 0 aromatic rings. The molecule has 0 aromatic heterocycles. The molecule has 0 amide bonds. The first-order valence-electron chi connectivity index (χ1n) is 5.00. The third kappa shape index (κ3) is 4.60. The molecular weight excluding hydrogens is 166 g/mol. The predicted octanol–water partition coefficient (Wildman–Crippen LogP) is 0.726. The number of rotatable bonds is 2. The number of aliphatic hydroxyl groups is 1. The Balaban J connectivity index is 2.39. The zero-order valence-corrected chi connectivity index (χ0v) is 8.92. The van der Waals surface area contributed by atoms with Gasteiger partial charge in [-0.15, -0.1) is 0 Å². The van der Waals surface area contributed by atoms with Gasteiger partial charge in [0, 0.05) is 19.6 Å². The molecule has 0 aromatic carbocycles. The Labute approximate surface area is 80.7 Å². The van der Waals surface area contributed by atoms with Crippen LogP contribution in [0.25, 0.3) is 0 Å². The molecule has 1 aliphatic rings. The zero-order chi connectivity index (χ0) is 9.90. The molecular formula is C10H21NO2. The van der Waals surface area contributed by atoms with Crippen LogP contribution in [0.2, 0.25) is 0 Å². The van der Waals surface area contributed by atoms with Crippen LogP contribution >= 0.6 is 0 Å². The van der Waals surface area contributed by atoms with E-state index < -0.39 is 5.60 Å². The summed E-state index contributed by atoms with van der Waals surface area (Å²) in [7, 11) is 0. The SMILES string of the molecule is CC1COCCN(CC(C)(C)O)C1. The maximum Gasteiger partial charge on any atom is 0.0718 e. The second kappa shape index (κ2) is 4.40. The van der Waals surface area contributed by atoms with Crippen molar-refractivity contribution in [3.05, 3.63) is 0 Å². The van der Waals surface area contributed by atoms with Crippen molar-refractivity contribution in [2.75, 3.05) is 32.8 Å². The Morgan fingerprint density at radius 3 is 2.85 bits per heavy atom. The molecule has 0 spiro atoms. The molecule has 13 heavy (non-hydrogen) atoms. The van der Waals surface area contributed by atoms with E-state index in [1.54, 1.807) is 0 Å². The fourth-order valence-corrected chi connectivity index (χ4v) is 1.75. The summed E-state index contributed by atoms with van der Waals surface area (Å²) >= 11 is 0. The quantitative estimate of drug-likeness (QED) is 0.691.